The summed E-state index contributed by atoms with van der Waals surface area (Å²) in [5.74, 6) is 0.287. The molecule has 6 rings (SSSR count). The molecule has 0 bridgehead atoms. The zero-order chi connectivity index (χ0) is 24.6. The third-order valence-electron chi connectivity index (χ3n) is 6.13. The van der Waals surface area contributed by atoms with E-state index in [2.05, 4.69) is 59.4 Å². The molecule has 0 unspecified atom stereocenters. The molecule has 0 aliphatic heterocycles. The Balaban J connectivity index is 1.38. The van der Waals surface area contributed by atoms with Crippen molar-refractivity contribution >= 4 is 44.9 Å². The third kappa shape index (κ3) is 4.16. The van der Waals surface area contributed by atoms with Gasteiger partial charge in [-0.05, 0) is 69.8 Å². The zero-order valence-corrected chi connectivity index (χ0v) is 20.7. The quantitative estimate of drug-likeness (QED) is 0.236. The lowest BCUT2D eigenvalue weighted by molar-refractivity contribution is -0.116. The summed E-state index contributed by atoms with van der Waals surface area (Å²) < 4.78 is 0. The fourth-order valence-corrected chi connectivity index (χ4v) is 5.13. The summed E-state index contributed by atoms with van der Waals surface area (Å²) in [4.78, 5) is 24.6. The topological polar surface area (TPSA) is 99.3 Å². The molecule has 1 amide bonds. The van der Waals surface area contributed by atoms with Crippen molar-refractivity contribution in [2.75, 3.05) is 5.32 Å². The molecule has 0 saturated heterocycles. The van der Waals surface area contributed by atoms with Gasteiger partial charge < -0.3 is 10.3 Å². The largest absolute Gasteiger partial charge is 0.338 e. The lowest BCUT2D eigenvalue weighted by atomic mass is 10.0. The predicted molar refractivity (Wildman–Crippen MR) is 146 cm³/mol. The molecule has 0 fully saturated rings. The van der Waals surface area contributed by atoms with Crippen LogP contribution in [0.4, 0.5) is 5.69 Å². The summed E-state index contributed by atoms with van der Waals surface area (Å²) in [6.45, 7) is 4.05. The fourth-order valence-electron chi connectivity index (χ4n) is 4.47. The molecule has 0 aliphatic rings. The summed E-state index contributed by atoms with van der Waals surface area (Å²) in [7, 11) is 0. The number of carbonyl (C=O) groups excluding carboxylic acids is 1. The SMILES string of the molecule is CC(C)CC(=O)Nc1cncc(-c2ccc3[nH]nc(-c4cc5c(-c6ccsc6)ccnc5[nH]4)c3c2)c1. The molecule has 178 valence electrons. The second-order valence-corrected chi connectivity index (χ2v) is 10.0. The number of nitrogens with zero attached hydrogens (tertiary/aromatic N) is 3. The van der Waals surface area contributed by atoms with Crippen LogP contribution in [0.5, 0.6) is 0 Å². The molecule has 0 spiro atoms. The molecule has 3 N–H and O–H groups in total. The minimum atomic E-state index is -0.00855. The van der Waals surface area contributed by atoms with Crippen LogP contribution in [-0.4, -0.2) is 31.1 Å². The van der Waals surface area contributed by atoms with Crippen molar-refractivity contribution in [1.82, 2.24) is 25.1 Å². The lowest BCUT2D eigenvalue weighted by Gasteiger charge is -2.09. The molecular formula is C28H24N6OS. The number of rotatable bonds is 6. The first kappa shape index (κ1) is 22.2. The summed E-state index contributed by atoms with van der Waals surface area (Å²) in [6.07, 6.45) is 5.78. The summed E-state index contributed by atoms with van der Waals surface area (Å²) >= 11 is 1.68. The van der Waals surface area contributed by atoms with E-state index in [0.29, 0.717) is 18.0 Å². The highest BCUT2D eigenvalue weighted by atomic mass is 32.1. The van der Waals surface area contributed by atoms with E-state index < -0.39 is 0 Å². The maximum atomic E-state index is 12.2. The van der Waals surface area contributed by atoms with Crippen molar-refractivity contribution in [3.63, 3.8) is 0 Å². The predicted octanol–water partition coefficient (Wildman–Crippen LogP) is 6.88. The maximum Gasteiger partial charge on any atom is 0.224 e. The number of aromatic nitrogens is 5. The Morgan fingerprint density at radius 3 is 2.78 bits per heavy atom. The number of pyridine rings is 2. The van der Waals surface area contributed by atoms with Gasteiger partial charge in [0.1, 0.15) is 11.3 Å². The van der Waals surface area contributed by atoms with Gasteiger partial charge in [-0.3, -0.25) is 14.9 Å². The van der Waals surface area contributed by atoms with Crippen LogP contribution in [0.25, 0.3) is 55.6 Å². The number of anilines is 1. The second-order valence-electron chi connectivity index (χ2n) is 9.26. The van der Waals surface area contributed by atoms with Crippen LogP contribution in [0.1, 0.15) is 20.3 Å². The molecule has 7 nitrogen and oxygen atoms in total. The van der Waals surface area contributed by atoms with Crippen LogP contribution >= 0.6 is 11.3 Å². The lowest BCUT2D eigenvalue weighted by Crippen LogP contribution is -2.13. The maximum absolute atomic E-state index is 12.2. The standard InChI is InChI=1S/C28H24N6OS/c1-16(2)9-26(35)31-20-10-19(13-29-14-20)17-3-4-24-23(11-17)27(34-33-24)25-12-22-21(18-6-8-36-15-18)5-7-30-28(22)32-25/h3-8,10-16H,9H2,1-2H3,(H,30,32)(H,31,35)(H,33,34). The monoisotopic (exact) mass is 492 g/mol. The normalized spacial score (nSPS) is 11.5. The zero-order valence-electron chi connectivity index (χ0n) is 19.9. The summed E-state index contributed by atoms with van der Waals surface area (Å²) in [5, 5.41) is 17.0. The Kier molecular flexibility index (Phi) is 5.58. The Labute approximate surface area is 211 Å². The van der Waals surface area contributed by atoms with Gasteiger partial charge >= 0.3 is 0 Å². The first-order valence-corrected chi connectivity index (χ1v) is 12.7. The molecule has 6 aromatic rings. The van der Waals surface area contributed by atoms with Gasteiger partial charge in [0, 0.05) is 35.2 Å². The van der Waals surface area contributed by atoms with Crippen molar-refractivity contribution < 1.29 is 4.79 Å². The van der Waals surface area contributed by atoms with Crippen molar-refractivity contribution in [2.24, 2.45) is 5.92 Å². The number of hydrogen-bond donors (Lipinski definition) is 3. The van der Waals surface area contributed by atoms with E-state index in [0.717, 1.165) is 50.0 Å². The minimum Gasteiger partial charge on any atom is -0.338 e. The van der Waals surface area contributed by atoms with Crippen LogP contribution in [-0.2, 0) is 4.79 Å². The number of nitrogens with one attached hydrogen (secondary N) is 3. The molecule has 0 radical (unpaired) electrons. The van der Waals surface area contributed by atoms with E-state index >= 15 is 0 Å². The first-order valence-electron chi connectivity index (χ1n) is 11.8. The summed E-state index contributed by atoms with van der Waals surface area (Å²) in [6, 6.07) is 14.4. The number of aromatic amines is 2. The second kappa shape index (κ2) is 9.05. The van der Waals surface area contributed by atoms with Gasteiger partial charge in [0.15, 0.2) is 0 Å². The number of carbonyl (C=O) groups is 1. The molecule has 0 saturated carbocycles. The minimum absolute atomic E-state index is 0.00855. The molecule has 36 heavy (non-hydrogen) atoms. The van der Waals surface area contributed by atoms with Crippen LogP contribution in [0.15, 0.2) is 71.8 Å². The van der Waals surface area contributed by atoms with Crippen molar-refractivity contribution in [1.29, 1.82) is 0 Å². The highest BCUT2D eigenvalue weighted by Crippen LogP contribution is 2.35. The van der Waals surface area contributed by atoms with Gasteiger partial charge in [-0.25, -0.2) is 4.98 Å². The van der Waals surface area contributed by atoms with Crippen molar-refractivity contribution in [3.8, 4) is 33.6 Å². The Bertz CT molecular complexity index is 1700. The number of thiophene rings is 1. The average molecular weight is 493 g/mol. The Morgan fingerprint density at radius 1 is 1.03 bits per heavy atom. The average Bonchev–Trinajstić information content (AvgIpc) is 3.62. The van der Waals surface area contributed by atoms with Crippen LogP contribution in [0.2, 0.25) is 0 Å². The molecule has 5 heterocycles. The number of amides is 1. The smallest absolute Gasteiger partial charge is 0.224 e. The molecule has 5 aromatic heterocycles. The number of fused-ring (bicyclic) bond motifs is 2. The Hall–Kier alpha value is -4.30. The van der Waals surface area contributed by atoms with E-state index in [1.807, 2.05) is 44.3 Å². The Morgan fingerprint density at radius 2 is 1.94 bits per heavy atom. The van der Waals surface area contributed by atoms with Crippen molar-refractivity contribution in [3.05, 3.63) is 71.8 Å². The van der Waals surface area contributed by atoms with Gasteiger partial charge in [0.05, 0.1) is 23.1 Å². The van der Waals surface area contributed by atoms with Crippen LogP contribution < -0.4 is 5.32 Å². The van der Waals surface area contributed by atoms with E-state index in [9.17, 15) is 4.79 Å². The van der Waals surface area contributed by atoms with E-state index in [1.54, 1.807) is 23.7 Å². The molecular weight excluding hydrogens is 468 g/mol. The van der Waals surface area contributed by atoms with Gasteiger partial charge in [-0.1, -0.05) is 19.9 Å². The molecule has 8 heteroatoms. The van der Waals surface area contributed by atoms with E-state index in [1.165, 1.54) is 5.56 Å². The van der Waals surface area contributed by atoms with Crippen LogP contribution in [0.3, 0.4) is 0 Å². The molecule has 1 aromatic carbocycles. The highest BCUT2D eigenvalue weighted by Gasteiger charge is 2.15. The fraction of sp³-hybridized carbons (Fsp3) is 0.143. The van der Waals surface area contributed by atoms with Gasteiger partial charge in [-0.2, -0.15) is 16.4 Å². The molecule has 0 aliphatic carbocycles. The van der Waals surface area contributed by atoms with Gasteiger partial charge in [0.25, 0.3) is 0 Å². The number of H-pyrrole nitrogens is 2. The van der Waals surface area contributed by atoms with E-state index in [4.69, 9.17) is 0 Å². The molecule has 0 atom stereocenters. The van der Waals surface area contributed by atoms with Crippen LogP contribution in [0, 0.1) is 5.92 Å². The summed E-state index contributed by atoms with van der Waals surface area (Å²) in [5.41, 5.74) is 8.42. The van der Waals surface area contributed by atoms with Gasteiger partial charge in [-0.15, -0.1) is 0 Å². The third-order valence-corrected chi connectivity index (χ3v) is 6.81. The highest BCUT2D eigenvalue weighted by molar-refractivity contribution is 7.08. The van der Waals surface area contributed by atoms with Gasteiger partial charge in [0.2, 0.25) is 5.91 Å². The first-order chi connectivity index (χ1) is 17.5. The number of hydrogen-bond acceptors (Lipinski definition) is 5. The van der Waals surface area contributed by atoms with E-state index in [-0.39, 0.29) is 5.91 Å². The number of benzene rings is 1. The van der Waals surface area contributed by atoms with Crippen molar-refractivity contribution in [2.45, 2.75) is 20.3 Å².